The van der Waals surface area contributed by atoms with Gasteiger partial charge in [0, 0.05) is 19.3 Å². The van der Waals surface area contributed by atoms with Crippen molar-refractivity contribution in [2.75, 3.05) is 13.1 Å². The largest absolute Gasteiger partial charge is 0.340 e. The maximum absolute atomic E-state index is 12.5. The highest BCUT2D eigenvalue weighted by molar-refractivity contribution is 7.92. The lowest BCUT2D eigenvalue weighted by Gasteiger charge is -2.16. The highest BCUT2D eigenvalue weighted by Crippen LogP contribution is 2.22. The van der Waals surface area contributed by atoms with E-state index in [9.17, 15) is 13.2 Å². The van der Waals surface area contributed by atoms with Gasteiger partial charge in [0.15, 0.2) is 9.84 Å². The number of rotatable bonds is 5. The molecule has 1 aliphatic heterocycles. The fourth-order valence-electron chi connectivity index (χ4n) is 2.95. The molecule has 8 heteroatoms. The summed E-state index contributed by atoms with van der Waals surface area (Å²) in [5.41, 5.74) is 0.817. The van der Waals surface area contributed by atoms with Gasteiger partial charge in [0.05, 0.1) is 28.8 Å². The van der Waals surface area contributed by atoms with Crippen LogP contribution >= 0.6 is 0 Å². The van der Waals surface area contributed by atoms with E-state index < -0.39 is 15.1 Å². The summed E-state index contributed by atoms with van der Waals surface area (Å²) in [5.74, 6) is 0.0436. The second-order valence-corrected chi connectivity index (χ2v) is 9.08. The van der Waals surface area contributed by atoms with Crippen molar-refractivity contribution in [2.45, 2.75) is 42.9 Å². The van der Waals surface area contributed by atoms with Crippen LogP contribution in [0.5, 0.6) is 0 Å². The van der Waals surface area contributed by atoms with E-state index >= 15 is 0 Å². The third kappa shape index (κ3) is 3.73. The lowest BCUT2D eigenvalue weighted by Crippen LogP contribution is -2.30. The molecule has 1 fully saturated rings. The van der Waals surface area contributed by atoms with Gasteiger partial charge >= 0.3 is 0 Å². The average Bonchev–Trinajstić information content (AvgIpc) is 3.26. The van der Waals surface area contributed by atoms with Gasteiger partial charge in [-0.1, -0.05) is 17.3 Å². The van der Waals surface area contributed by atoms with Crippen LogP contribution in [-0.4, -0.2) is 52.6 Å². The molecule has 1 unspecified atom stereocenters. The molecule has 134 valence electrons. The first-order valence-corrected chi connectivity index (χ1v) is 9.89. The zero-order valence-electron chi connectivity index (χ0n) is 14.4. The predicted molar refractivity (Wildman–Crippen MR) is 92.7 cm³/mol. The Hall–Kier alpha value is -2.22. The van der Waals surface area contributed by atoms with Crippen molar-refractivity contribution in [1.82, 2.24) is 19.9 Å². The molecule has 1 atom stereocenters. The number of nitrogens with zero attached hydrogens (tertiary/aromatic N) is 4. The van der Waals surface area contributed by atoms with Crippen LogP contribution < -0.4 is 0 Å². The molecular formula is C17H22N4O3S. The highest BCUT2D eigenvalue weighted by atomic mass is 32.2. The molecule has 1 saturated heterocycles. The molecule has 1 aliphatic rings. The van der Waals surface area contributed by atoms with Crippen molar-refractivity contribution < 1.29 is 13.2 Å². The first-order valence-electron chi connectivity index (χ1n) is 8.34. The maximum atomic E-state index is 12.5. The number of benzene rings is 1. The number of aromatic nitrogens is 3. The predicted octanol–water partition coefficient (Wildman–Crippen LogP) is 1.48. The van der Waals surface area contributed by atoms with Crippen LogP contribution in [0.25, 0.3) is 0 Å². The molecule has 0 bridgehead atoms. The van der Waals surface area contributed by atoms with Gasteiger partial charge in [-0.15, -0.1) is 5.10 Å². The fourth-order valence-corrected chi connectivity index (χ4v) is 4.01. The SMILES string of the molecule is CC(C)S(=O)(=O)c1ccc(CC(=O)N2CCC(n3ccnn3)C2)cc1. The van der Waals surface area contributed by atoms with Crippen molar-refractivity contribution in [1.29, 1.82) is 0 Å². The Morgan fingerprint density at radius 3 is 2.60 bits per heavy atom. The minimum atomic E-state index is -3.28. The van der Waals surface area contributed by atoms with E-state index in [1.165, 1.54) is 0 Å². The zero-order valence-corrected chi connectivity index (χ0v) is 15.2. The van der Waals surface area contributed by atoms with Crippen molar-refractivity contribution in [3.8, 4) is 0 Å². The van der Waals surface area contributed by atoms with Crippen LogP contribution in [0.2, 0.25) is 0 Å². The summed E-state index contributed by atoms with van der Waals surface area (Å²) in [6.07, 6.45) is 4.58. The molecule has 1 amide bonds. The Morgan fingerprint density at radius 1 is 1.28 bits per heavy atom. The van der Waals surface area contributed by atoms with Gasteiger partial charge in [-0.2, -0.15) is 0 Å². The van der Waals surface area contributed by atoms with E-state index in [1.807, 2.05) is 11.1 Å². The van der Waals surface area contributed by atoms with Crippen LogP contribution in [0.15, 0.2) is 41.6 Å². The zero-order chi connectivity index (χ0) is 18.0. The summed E-state index contributed by atoms with van der Waals surface area (Å²) >= 11 is 0. The fraction of sp³-hybridized carbons (Fsp3) is 0.471. The van der Waals surface area contributed by atoms with Gasteiger partial charge in [-0.3, -0.25) is 4.79 Å². The summed E-state index contributed by atoms with van der Waals surface area (Å²) in [5, 5.41) is 7.34. The number of likely N-dealkylation sites (tertiary alicyclic amines) is 1. The standard InChI is InChI=1S/C17H22N4O3S/c1-13(2)25(23,24)16-5-3-14(4-6-16)11-17(22)20-9-7-15(12-20)21-10-8-18-19-21/h3-6,8,10,13,15H,7,9,11-12H2,1-2H3. The minimum absolute atomic E-state index is 0.0436. The summed E-state index contributed by atoms with van der Waals surface area (Å²) < 4.78 is 26.1. The van der Waals surface area contributed by atoms with Crippen molar-refractivity contribution in [3.63, 3.8) is 0 Å². The van der Waals surface area contributed by atoms with Gasteiger partial charge in [-0.25, -0.2) is 13.1 Å². The Labute approximate surface area is 147 Å². The monoisotopic (exact) mass is 362 g/mol. The van der Waals surface area contributed by atoms with Crippen LogP contribution in [0, 0.1) is 0 Å². The second-order valence-electron chi connectivity index (χ2n) is 6.58. The van der Waals surface area contributed by atoms with Crippen LogP contribution in [0.3, 0.4) is 0 Å². The van der Waals surface area contributed by atoms with E-state index in [1.54, 1.807) is 49.0 Å². The smallest absolute Gasteiger partial charge is 0.227 e. The van der Waals surface area contributed by atoms with Gasteiger partial charge in [0.1, 0.15) is 0 Å². The third-order valence-electron chi connectivity index (χ3n) is 4.56. The van der Waals surface area contributed by atoms with Crippen LogP contribution in [0.4, 0.5) is 0 Å². The Morgan fingerprint density at radius 2 is 2.00 bits per heavy atom. The summed E-state index contributed by atoms with van der Waals surface area (Å²) in [7, 11) is -3.28. The second kappa shape index (κ2) is 6.95. The van der Waals surface area contributed by atoms with E-state index in [4.69, 9.17) is 0 Å². The van der Waals surface area contributed by atoms with Crippen LogP contribution in [-0.2, 0) is 21.1 Å². The molecule has 0 aliphatic carbocycles. The first kappa shape index (κ1) is 17.6. The van der Waals surface area contributed by atoms with Gasteiger partial charge in [-0.05, 0) is 38.0 Å². The third-order valence-corrected chi connectivity index (χ3v) is 6.73. The first-order chi connectivity index (χ1) is 11.9. The number of hydrogen-bond donors (Lipinski definition) is 0. The molecule has 3 rings (SSSR count). The molecular weight excluding hydrogens is 340 g/mol. The number of carbonyl (C=O) groups is 1. The van der Waals surface area contributed by atoms with Crippen LogP contribution in [0.1, 0.15) is 31.9 Å². The Bertz CT molecular complexity index is 829. The number of amides is 1. The molecule has 7 nitrogen and oxygen atoms in total. The van der Waals surface area contributed by atoms with E-state index in [2.05, 4.69) is 10.3 Å². The molecule has 1 aromatic carbocycles. The summed E-state index contributed by atoms with van der Waals surface area (Å²) in [4.78, 5) is 14.6. The van der Waals surface area contributed by atoms with Gasteiger partial charge < -0.3 is 4.90 Å². The average molecular weight is 362 g/mol. The topological polar surface area (TPSA) is 85.2 Å². The molecule has 0 N–H and O–H groups in total. The van der Waals surface area contributed by atoms with Gasteiger partial charge in [0.2, 0.25) is 5.91 Å². The highest BCUT2D eigenvalue weighted by Gasteiger charge is 2.28. The lowest BCUT2D eigenvalue weighted by molar-refractivity contribution is -0.129. The van der Waals surface area contributed by atoms with E-state index in [-0.39, 0.29) is 18.4 Å². The molecule has 0 spiro atoms. The molecule has 2 heterocycles. The molecule has 0 saturated carbocycles. The number of carbonyl (C=O) groups excluding carboxylic acids is 1. The number of hydrogen-bond acceptors (Lipinski definition) is 5. The van der Waals surface area contributed by atoms with E-state index in [0.717, 1.165) is 12.0 Å². The summed E-state index contributed by atoms with van der Waals surface area (Å²) in [6, 6.07) is 6.78. The molecule has 2 aromatic rings. The minimum Gasteiger partial charge on any atom is -0.340 e. The Balaban J connectivity index is 1.62. The van der Waals surface area contributed by atoms with E-state index in [0.29, 0.717) is 18.0 Å². The summed E-state index contributed by atoms with van der Waals surface area (Å²) in [6.45, 7) is 4.64. The number of sulfone groups is 1. The van der Waals surface area contributed by atoms with Crippen molar-refractivity contribution >= 4 is 15.7 Å². The van der Waals surface area contributed by atoms with Crippen molar-refractivity contribution in [3.05, 3.63) is 42.2 Å². The molecule has 25 heavy (non-hydrogen) atoms. The maximum Gasteiger partial charge on any atom is 0.227 e. The van der Waals surface area contributed by atoms with Gasteiger partial charge in [0.25, 0.3) is 0 Å². The molecule has 0 radical (unpaired) electrons. The normalized spacial score (nSPS) is 18.0. The van der Waals surface area contributed by atoms with Crippen molar-refractivity contribution in [2.24, 2.45) is 0 Å². The quantitative estimate of drug-likeness (QED) is 0.804. The Kier molecular flexibility index (Phi) is 4.89. The lowest BCUT2D eigenvalue weighted by atomic mass is 10.1. The molecule has 1 aromatic heterocycles.